The average molecular weight is 367 g/mol. The maximum Gasteiger partial charge on any atom is 0.224 e. The Morgan fingerprint density at radius 3 is 2.81 bits per heavy atom. The van der Waals surface area contributed by atoms with Gasteiger partial charge in [-0.3, -0.25) is 4.79 Å². The Hall–Kier alpha value is -1.72. The van der Waals surface area contributed by atoms with Crippen molar-refractivity contribution in [2.45, 2.75) is 12.8 Å². The van der Waals surface area contributed by atoms with E-state index in [1.54, 1.807) is 6.07 Å². The summed E-state index contributed by atoms with van der Waals surface area (Å²) in [7, 11) is 0. The molecule has 0 unspecified atom stereocenters. The number of nitrogens with one attached hydrogen (secondary N) is 2. The van der Waals surface area contributed by atoms with E-state index < -0.39 is 0 Å². The van der Waals surface area contributed by atoms with Crippen molar-refractivity contribution < 1.29 is 4.79 Å². The molecule has 21 heavy (non-hydrogen) atoms. The summed E-state index contributed by atoms with van der Waals surface area (Å²) in [4.78, 5) is 11.4. The van der Waals surface area contributed by atoms with E-state index in [9.17, 15) is 4.79 Å². The standard InChI is InChI=1S/C15H13BrClN3O/c16-10-3-2-9(6-11(10)17)19-14-5-8-1-4-15(21)20-13(8)7-12(14)18/h2-3,5-7,19H,1,4,18H2,(H,20,21). The Kier molecular flexibility index (Phi) is 3.78. The van der Waals surface area contributed by atoms with E-state index in [0.717, 1.165) is 33.5 Å². The third-order valence-electron chi connectivity index (χ3n) is 3.37. The summed E-state index contributed by atoms with van der Waals surface area (Å²) in [5, 5.41) is 6.72. The van der Waals surface area contributed by atoms with E-state index in [4.69, 9.17) is 17.3 Å². The van der Waals surface area contributed by atoms with Crippen molar-refractivity contribution in [3.05, 3.63) is 45.4 Å². The molecule has 1 aliphatic rings. The van der Waals surface area contributed by atoms with Crippen LogP contribution in [0.5, 0.6) is 0 Å². The number of rotatable bonds is 2. The summed E-state index contributed by atoms with van der Waals surface area (Å²) in [5.41, 5.74) is 10.2. The Morgan fingerprint density at radius 2 is 2.05 bits per heavy atom. The van der Waals surface area contributed by atoms with Gasteiger partial charge in [0.2, 0.25) is 5.91 Å². The molecule has 1 aliphatic heterocycles. The first kappa shape index (κ1) is 14.2. The number of fused-ring (bicyclic) bond motifs is 1. The van der Waals surface area contributed by atoms with Crippen LogP contribution in [-0.2, 0) is 11.2 Å². The van der Waals surface area contributed by atoms with Crippen molar-refractivity contribution in [1.82, 2.24) is 0 Å². The van der Waals surface area contributed by atoms with Gasteiger partial charge in [-0.05, 0) is 58.2 Å². The van der Waals surface area contributed by atoms with Gasteiger partial charge >= 0.3 is 0 Å². The van der Waals surface area contributed by atoms with E-state index in [0.29, 0.717) is 17.1 Å². The van der Waals surface area contributed by atoms with Gasteiger partial charge in [-0.15, -0.1) is 0 Å². The molecule has 0 aliphatic carbocycles. The topological polar surface area (TPSA) is 67.1 Å². The molecule has 0 atom stereocenters. The minimum atomic E-state index is 0.0299. The Balaban J connectivity index is 1.92. The molecule has 2 aromatic carbocycles. The molecule has 108 valence electrons. The molecule has 0 spiro atoms. The summed E-state index contributed by atoms with van der Waals surface area (Å²) in [5.74, 6) is 0.0299. The average Bonchev–Trinajstić information content (AvgIpc) is 2.44. The number of amides is 1. The molecule has 4 N–H and O–H groups in total. The first-order valence-electron chi connectivity index (χ1n) is 6.47. The number of nitrogen functional groups attached to an aromatic ring is 1. The zero-order valence-electron chi connectivity index (χ0n) is 11.0. The second-order valence-corrected chi connectivity index (χ2v) is 6.16. The zero-order valence-corrected chi connectivity index (χ0v) is 13.4. The summed E-state index contributed by atoms with van der Waals surface area (Å²) in [6.07, 6.45) is 1.22. The number of nitrogens with two attached hydrogens (primary N) is 1. The summed E-state index contributed by atoms with van der Waals surface area (Å²) in [6.45, 7) is 0. The molecule has 0 bridgehead atoms. The fraction of sp³-hybridized carbons (Fsp3) is 0.133. The highest BCUT2D eigenvalue weighted by atomic mass is 79.9. The third-order valence-corrected chi connectivity index (χ3v) is 4.60. The predicted octanol–water partition coefficient (Wildman–Crippen LogP) is 4.31. The third kappa shape index (κ3) is 2.99. The van der Waals surface area contributed by atoms with Crippen LogP contribution in [0.15, 0.2) is 34.8 Å². The van der Waals surface area contributed by atoms with E-state index in [1.807, 2.05) is 24.3 Å². The summed E-state index contributed by atoms with van der Waals surface area (Å²) in [6, 6.07) is 9.37. The van der Waals surface area contributed by atoms with E-state index >= 15 is 0 Å². The summed E-state index contributed by atoms with van der Waals surface area (Å²) < 4.78 is 0.843. The molecule has 2 aromatic rings. The fourth-order valence-corrected chi connectivity index (χ4v) is 2.71. The van der Waals surface area contributed by atoms with Gasteiger partial charge < -0.3 is 16.4 Å². The Labute approximate surface area is 135 Å². The van der Waals surface area contributed by atoms with Crippen LogP contribution in [0, 0.1) is 0 Å². The maximum absolute atomic E-state index is 11.4. The SMILES string of the molecule is Nc1cc2c(cc1Nc1ccc(Br)c(Cl)c1)CCC(=O)N2. The lowest BCUT2D eigenvalue weighted by atomic mass is 10.0. The van der Waals surface area contributed by atoms with Crippen LogP contribution < -0.4 is 16.4 Å². The smallest absolute Gasteiger partial charge is 0.224 e. The molecule has 4 nitrogen and oxygen atoms in total. The molecule has 1 heterocycles. The highest BCUT2D eigenvalue weighted by molar-refractivity contribution is 9.10. The van der Waals surface area contributed by atoms with Crippen molar-refractivity contribution >= 4 is 56.2 Å². The van der Waals surface area contributed by atoms with Gasteiger partial charge in [-0.1, -0.05) is 11.6 Å². The Morgan fingerprint density at radius 1 is 1.24 bits per heavy atom. The molecule has 6 heteroatoms. The van der Waals surface area contributed by atoms with Crippen LogP contribution in [-0.4, -0.2) is 5.91 Å². The summed E-state index contributed by atoms with van der Waals surface area (Å²) >= 11 is 9.45. The molecule has 0 fully saturated rings. The molecule has 0 radical (unpaired) electrons. The van der Waals surface area contributed by atoms with Crippen molar-refractivity contribution in [2.24, 2.45) is 0 Å². The number of hydrogen-bond donors (Lipinski definition) is 3. The van der Waals surface area contributed by atoms with Gasteiger partial charge in [-0.25, -0.2) is 0 Å². The lowest BCUT2D eigenvalue weighted by Crippen LogP contribution is -2.19. The predicted molar refractivity (Wildman–Crippen MR) is 90.2 cm³/mol. The van der Waals surface area contributed by atoms with Crippen molar-refractivity contribution in [3.63, 3.8) is 0 Å². The van der Waals surface area contributed by atoms with Crippen LogP contribution in [0.25, 0.3) is 0 Å². The first-order valence-corrected chi connectivity index (χ1v) is 7.64. The molecular formula is C15H13BrClN3O. The van der Waals surface area contributed by atoms with Gasteiger partial charge in [-0.2, -0.15) is 0 Å². The van der Waals surface area contributed by atoms with Gasteiger partial charge in [0.05, 0.1) is 16.4 Å². The lowest BCUT2D eigenvalue weighted by molar-refractivity contribution is -0.116. The lowest BCUT2D eigenvalue weighted by Gasteiger charge is -2.20. The minimum absolute atomic E-state index is 0.0299. The first-order chi connectivity index (χ1) is 10.0. The number of hydrogen-bond acceptors (Lipinski definition) is 3. The van der Waals surface area contributed by atoms with Crippen molar-refractivity contribution in [3.8, 4) is 0 Å². The minimum Gasteiger partial charge on any atom is -0.397 e. The Bertz CT molecular complexity index is 733. The van der Waals surface area contributed by atoms with Crippen LogP contribution in [0.1, 0.15) is 12.0 Å². The molecular weight excluding hydrogens is 354 g/mol. The number of benzene rings is 2. The fourth-order valence-electron chi connectivity index (χ4n) is 2.28. The highest BCUT2D eigenvalue weighted by Crippen LogP contribution is 2.34. The number of anilines is 4. The molecule has 0 saturated heterocycles. The van der Waals surface area contributed by atoms with Gasteiger partial charge in [0.15, 0.2) is 0 Å². The van der Waals surface area contributed by atoms with Gasteiger partial charge in [0.25, 0.3) is 0 Å². The molecule has 1 amide bonds. The molecule has 0 saturated carbocycles. The number of carbonyl (C=O) groups is 1. The van der Waals surface area contributed by atoms with Gasteiger partial charge in [0, 0.05) is 22.3 Å². The number of carbonyl (C=O) groups excluding carboxylic acids is 1. The van der Waals surface area contributed by atoms with E-state index in [-0.39, 0.29) is 5.91 Å². The number of aryl methyl sites for hydroxylation is 1. The van der Waals surface area contributed by atoms with Crippen LogP contribution in [0.4, 0.5) is 22.7 Å². The van der Waals surface area contributed by atoms with Crippen LogP contribution >= 0.6 is 27.5 Å². The van der Waals surface area contributed by atoms with Crippen LogP contribution in [0.2, 0.25) is 5.02 Å². The molecule has 0 aromatic heterocycles. The second-order valence-electron chi connectivity index (χ2n) is 4.90. The van der Waals surface area contributed by atoms with Gasteiger partial charge in [0.1, 0.15) is 0 Å². The van der Waals surface area contributed by atoms with Crippen molar-refractivity contribution in [1.29, 1.82) is 0 Å². The van der Waals surface area contributed by atoms with E-state index in [2.05, 4.69) is 26.6 Å². The highest BCUT2D eigenvalue weighted by Gasteiger charge is 2.16. The van der Waals surface area contributed by atoms with Crippen molar-refractivity contribution in [2.75, 3.05) is 16.4 Å². The zero-order chi connectivity index (χ0) is 15.0. The number of halogens is 2. The monoisotopic (exact) mass is 365 g/mol. The largest absolute Gasteiger partial charge is 0.397 e. The quantitative estimate of drug-likeness (QED) is 0.694. The normalized spacial score (nSPS) is 13.5. The molecule has 3 rings (SSSR count). The maximum atomic E-state index is 11.4. The van der Waals surface area contributed by atoms with Crippen LogP contribution in [0.3, 0.4) is 0 Å². The second kappa shape index (κ2) is 5.58. The van der Waals surface area contributed by atoms with E-state index in [1.165, 1.54) is 0 Å².